The number of amides is 1. The largest absolute Gasteiger partial charge is 0.371 e. The van der Waals surface area contributed by atoms with Gasteiger partial charge in [0, 0.05) is 30.4 Å². The van der Waals surface area contributed by atoms with Crippen LogP contribution in [0.2, 0.25) is 0 Å². The quantitative estimate of drug-likeness (QED) is 0.306. The number of nitrogens with one attached hydrogen (secondary N) is 4. The lowest BCUT2D eigenvalue weighted by Gasteiger charge is -2.21. The first-order valence-electron chi connectivity index (χ1n) is 11.4. The van der Waals surface area contributed by atoms with E-state index in [2.05, 4.69) is 35.7 Å². The number of aromatic amines is 2. The van der Waals surface area contributed by atoms with E-state index in [1.165, 1.54) is 0 Å². The zero-order valence-corrected chi connectivity index (χ0v) is 18.7. The van der Waals surface area contributed by atoms with Crippen molar-refractivity contribution in [2.75, 3.05) is 28.6 Å². The Labute approximate surface area is 195 Å². The third-order valence-electron chi connectivity index (χ3n) is 6.24. The van der Waals surface area contributed by atoms with Crippen LogP contribution in [0.4, 0.5) is 23.1 Å². The highest BCUT2D eigenvalue weighted by atomic mass is 16.1. The van der Waals surface area contributed by atoms with Crippen molar-refractivity contribution >= 4 is 51.0 Å². The van der Waals surface area contributed by atoms with Crippen LogP contribution in [0.1, 0.15) is 28.8 Å². The Morgan fingerprint density at radius 2 is 1.97 bits per heavy atom. The van der Waals surface area contributed by atoms with Gasteiger partial charge >= 0.3 is 0 Å². The van der Waals surface area contributed by atoms with Crippen LogP contribution in [0.25, 0.3) is 21.9 Å². The van der Waals surface area contributed by atoms with Crippen molar-refractivity contribution in [1.29, 1.82) is 0 Å². The molecule has 9 nitrogen and oxygen atoms in total. The molecule has 2 aromatic carbocycles. The number of H-pyrrole nitrogens is 2. The standard InChI is InChI=1S/C25H24N8O/c1-15-5-4-8-26-23(15)31-25-29-20-12-18(22(13-21(20)30-25)33-9-2-3-10-33)24(34)28-17-7-6-16-14-27-32-19(16)11-17/h4-8,11-14H,2-3,9-10H2,1H3,(H,27,32)(H,28,34)(H2,26,29,30,31). The van der Waals surface area contributed by atoms with Crippen LogP contribution in [0.15, 0.2) is 54.9 Å². The number of anilines is 4. The minimum atomic E-state index is -0.160. The molecular formula is C25H24N8O. The SMILES string of the molecule is Cc1cccnc1Nc1nc2cc(N3CCCC3)c(C(=O)Nc3ccc4cn[nH]c4c3)cc2[nH]1. The molecule has 9 heteroatoms. The van der Waals surface area contributed by atoms with Crippen molar-refractivity contribution in [2.45, 2.75) is 19.8 Å². The number of fused-ring (bicyclic) bond motifs is 2. The molecule has 1 aliphatic rings. The van der Waals surface area contributed by atoms with E-state index < -0.39 is 0 Å². The second-order valence-electron chi connectivity index (χ2n) is 8.59. The Hall–Kier alpha value is -4.40. The summed E-state index contributed by atoms with van der Waals surface area (Å²) >= 11 is 0. The average molecular weight is 453 g/mol. The second-order valence-corrected chi connectivity index (χ2v) is 8.59. The molecule has 0 saturated carbocycles. The number of carbonyl (C=O) groups excluding carboxylic acids is 1. The van der Waals surface area contributed by atoms with Crippen molar-refractivity contribution in [2.24, 2.45) is 0 Å². The maximum absolute atomic E-state index is 13.4. The molecule has 0 unspecified atom stereocenters. The molecule has 1 fully saturated rings. The van der Waals surface area contributed by atoms with Crippen LogP contribution in [0.5, 0.6) is 0 Å². The molecular weight excluding hydrogens is 428 g/mol. The smallest absolute Gasteiger partial charge is 0.257 e. The fourth-order valence-electron chi connectivity index (χ4n) is 4.45. The first-order chi connectivity index (χ1) is 16.6. The van der Waals surface area contributed by atoms with Crippen molar-refractivity contribution < 1.29 is 4.79 Å². The fraction of sp³-hybridized carbons (Fsp3) is 0.200. The number of carbonyl (C=O) groups is 1. The summed E-state index contributed by atoms with van der Waals surface area (Å²) in [4.78, 5) is 28.1. The van der Waals surface area contributed by atoms with E-state index in [1.54, 1.807) is 12.4 Å². The number of aryl methyl sites for hydroxylation is 1. The van der Waals surface area contributed by atoms with E-state index in [1.807, 2.05) is 49.4 Å². The summed E-state index contributed by atoms with van der Waals surface area (Å²) in [6, 6.07) is 13.5. The van der Waals surface area contributed by atoms with E-state index >= 15 is 0 Å². The van der Waals surface area contributed by atoms with Gasteiger partial charge in [0.1, 0.15) is 5.82 Å². The Morgan fingerprint density at radius 3 is 2.82 bits per heavy atom. The third kappa shape index (κ3) is 3.71. The second kappa shape index (κ2) is 8.18. The maximum Gasteiger partial charge on any atom is 0.257 e. The monoisotopic (exact) mass is 452 g/mol. The van der Waals surface area contributed by atoms with Crippen molar-refractivity contribution in [3.63, 3.8) is 0 Å². The van der Waals surface area contributed by atoms with Gasteiger partial charge in [0.15, 0.2) is 0 Å². The number of pyridine rings is 1. The molecule has 4 N–H and O–H groups in total. The number of nitrogens with zero attached hydrogens (tertiary/aromatic N) is 4. The molecule has 170 valence electrons. The lowest BCUT2D eigenvalue weighted by molar-refractivity contribution is 0.102. The van der Waals surface area contributed by atoms with E-state index in [4.69, 9.17) is 4.98 Å². The van der Waals surface area contributed by atoms with Crippen LogP contribution < -0.4 is 15.5 Å². The van der Waals surface area contributed by atoms with Crippen LogP contribution in [-0.2, 0) is 0 Å². The molecule has 0 spiro atoms. The van der Waals surface area contributed by atoms with Gasteiger partial charge in [-0.15, -0.1) is 0 Å². The Bertz CT molecular complexity index is 1510. The van der Waals surface area contributed by atoms with Crippen molar-refractivity contribution in [3.05, 3.63) is 66.0 Å². The van der Waals surface area contributed by atoms with Gasteiger partial charge in [-0.2, -0.15) is 5.10 Å². The third-order valence-corrected chi connectivity index (χ3v) is 6.24. The molecule has 5 aromatic rings. The fourth-order valence-corrected chi connectivity index (χ4v) is 4.45. The van der Waals surface area contributed by atoms with Gasteiger partial charge in [0.25, 0.3) is 5.91 Å². The van der Waals surface area contributed by atoms with Crippen LogP contribution >= 0.6 is 0 Å². The lowest BCUT2D eigenvalue weighted by atomic mass is 10.1. The van der Waals surface area contributed by atoms with Gasteiger partial charge in [-0.3, -0.25) is 9.89 Å². The summed E-state index contributed by atoms with van der Waals surface area (Å²) in [6.07, 6.45) is 5.73. The first-order valence-corrected chi connectivity index (χ1v) is 11.4. The number of rotatable bonds is 5. The Morgan fingerprint density at radius 1 is 1.09 bits per heavy atom. The van der Waals surface area contributed by atoms with Crippen molar-refractivity contribution in [3.8, 4) is 0 Å². The molecule has 1 aliphatic heterocycles. The normalized spacial score (nSPS) is 13.6. The summed E-state index contributed by atoms with van der Waals surface area (Å²) in [5.74, 6) is 1.17. The van der Waals surface area contributed by atoms with E-state index in [0.29, 0.717) is 17.2 Å². The highest BCUT2D eigenvalue weighted by Gasteiger charge is 2.22. The molecule has 1 saturated heterocycles. The molecule has 0 radical (unpaired) electrons. The van der Waals surface area contributed by atoms with Gasteiger partial charge in [-0.25, -0.2) is 9.97 Å². The zero-order valence-electron chi connectivity index (χ0n) is 18.7. The van der Waals surface area contributed by atoms with Crippen LogP contribution in [0.3, 0.4) is 0 Å². The number of hydrogen-bond donors (Lipinski definition) is 4. The highest BCUT2D eigenvalue weighted by molar-refractivity contribution is 6.11. The average Bonchev–Trinajstić information content (AvgIpc) is 3.59. The summed E-state index contributed by atoms with van der Waals surface area (Å²) in [7, 11) is 0. The minimum absolute atomic E-state index is 0.160. The predicted molar refractivity (Wildman–Crippen MR) is 134 cm³/mol. The van der Waals surface area contributed by atoms with Gasteiger partial charge in [-0.05, 0) is 61.7 Å². The zero-order chi connectivity index (χ0) is 23.1. The maximum atomic E-state index is 13.4. The van der Waals surface area contributed by atoms with E-state index in [0.717, 1.165) is 64.9 Å². The number of aromatic nitrogens is 5. The summed E-state index contributed by atoms with van der Waals surface area (Å²) in [5, 5.41) is 14.3. The molecule has 0 atom stereocenters. The summed E-state index contributed by atoms with van der Waals surface area (Å²) in [5.41, 5.74) is 5.71. The molecule has 0 aliphatic carbocycles. The van der Waals surface area contributed by atoms with Gasteiger partial charge < -0.3 is 20.5 Å². The first kappa shape index (κ1) is 20.2. The Balaban J connectivity index is 1.36. The topological polar surface area (TPSA) is 115 Å². The number of hydrogen-bond acceptors (Lipinski definition) is 6. The van der Waals surface area contributed by atoms with Gasteiger partial charge in [0.2, 0.25) is 5.95 Å². The van der Waals surface area contributed by atoms with E-state index in [-0.39, 0.29) is 5.91 Å². The molecule has 0 bridgehead atoms. The molecule has 34 heavy (non-hydrogen) atoms. The number of imidazole rings is 1. The summed E-state index contributed by atoms with van der Waals surface area (Å²) in [6.45, 7) is 3.84. The van der Waals surface area contributed by atoms with Crippen molar-refractivity contribution in [1.82, 2.24) is 25.1 Å². The predicted octanol–water partition coefficient (Wildman–Crippen LogP) is 4.74. The molecule has 6 rings (SSSR count). The van der Waals surface area contributed by atoms with Crippen LogP contribution in [0, 0.1) is 6.92 Å². The van der Waals surface area contributed by atoms with Crippen LogP contribution in [-0.4, -0.2) is 44.1 Å². The van der Waals surface area contributed by atoms with Gasteiger partial charge in [0.05, 0.1) is 34.0 Å². The highest BCUT2D eigenvalue weighted by Crippen LogP contribution is 2.31. The Kier molecular flexibility index (Phi) is 4.87. The van der Waals surface area contributed by atoms with Gasteiger partial charge in [-0.1, -0.05) is 6.07 Å². The number of benzene rings is 2. The minimum Gasteiger partial charge on any atom is -0.371 e. The van der Waals surface area contributed by atoms with E-state index in [9.17, 15) is 4.79 Å². The molecule has 1 amide bonds. The molecule has 4 heterocycles. The molecule has 3 aromatic heterocycles. The lowest BCUT2D eigenvalue weighted by Crippen LogP contribution is -2.23. The summed E-state index contributed by atoms with van der Waals surface area (Å²) < 4.78 is 0.